The normalized spacial score (nSPS) is 20.7. The van der Waals surface area contributed by atoms with Gasteiger partial charge in [-0.25, -0.2) is 8.42 Å². The molecule has 2 heterocycles. The largest absolute Gasteiger partial charge is 0.481 e. The smallest absolute Gasteiger partial charge is 0.305 e. The molecular weight excluding hydrogens is 356 g/mol. The van der Waals surface area contributed by atoms with E-state index in [9.17, 15) is 18.0 Å². The Morgan fingerprint density at radius 3 is 2.62 bits per heavy atom. The molecule has 2 aliphatic heterocycles. The molecule has 2 aromatic rings. The highest BCUT2D eigenvalue weighted by atomic mass is 32.2. The van der Waals surface area contributed by atoms with Crippen molar-refractivity contribution in [2.24, 2.45) is 0 Å². The van der Waals surface area contributed by atoms with Crippen molar-refractivity contribution in [2.45, 2.75) is 30.2 Å². The number of hydrogen-bond acceptors (Lipinski definition) is 4. The summed E-state index contributed by atoms with van der Waals surface area (Å²) in [6.45, 7) is 0.147. The van der Waals surface area contributed by atoms with Gasteiger partial charge in [0.05, 0.1) is 17.0 Å². The Kier molecular flexibility index (Phi) is 3.87. The van der Waals surface area contributed by atoms with Crippen LogP contribution in [0.3, 0.4) is 0 Å². The summed E-state index contributed by atoms with van der Waals surface area (Å²) >= 11 is 0. The van der Waals surface area contributed by atoms with Crippen LogP contribution in [0.1, 0.15) is 19.3 Å². The zero-order valence-electron chi connectivity index (χ0n) is 14.0. The van der Waals surface area contributed by atoms with E-state index >= 15 is 0 Å². The van der Waals surface area contributed by atoms with Gasteiger partial charge in [0, 0.05) is 18.0 Å². The predicted molar refractivity (Wildman–Crippen MR) is 95.5 cm³/mol. The van der Waals surface area contributed by atoms with Crippen LogP contribution in [0.25, 0.3) is 10.8 Å². The van der Waals surface area contributed by atoms with Crippen LogP contribution in [0.5, 0.6) is 0 Å². The highest BCUT2D eigenvalue weighted by molar-refractivity contribution is 7.93. The lowest BCUT2D eigenvalue weighted by atomic mass is 10.1. The Balaban J connectivity index is 1.66. The van der Waals surface area contributed by atoms with Crippen molar-refractivity contribution in [1.29, 1.82) is 0 Å². The first kappa shape index (κ1) is 16.8. The minimum Gasteiger partial charge on any atom is -0.481 e. The van der Waals surface area contributed by atoms with Crippen molar-refractivity contribution in [3.63, 3.8) is 0 Å². The van der Waals surface area contributed by atoms with E-state index in [4.69, 9.17) is 5.11 Å². The molecule has 1 fully saturated rings. The fraction of sp³-hybridized carbons (Fsp3) is 0.333. The van der Waals surface area contributed by atoms with Crippen molar-refractivity contribution in [2.75, 3.05) is 17.4 Å². The number of rotatable bonds is 4. The number of anilines is 1. The van der Waals surface area contributed by atoms with Gasteiger partial charge in [-0.05, 0) is 30.4 Å². The summed E-state index contributed by atoms with van der Waals surface area (Å²) in [5.41, 5.74) is 0.500. The average molecular weight is 374 g/mol. The van der Waals surface area contributed by atoms with Gasteiger partial charge < -0.3 is 10.0 Å². The van der Waals surface area contributed by atoms with Gasteiger partial charge in [0.25, 0.3) is 10.0 Å². The first-order chi connectivity index (χ1) is 12.4. The fourth-order valence-electron chi connectivity index (χ4n) is 3.92. The van der Waals surface area contributed by atoms with Gasteiger partial charge in [-0.2, -0.15) is 0 Å². The molecule has 1 unspecified atom stereocenters. The van der Waals surface area contributed by atoms with E-state index in [-0.39, 0.29) is 29.8 Å². The van der Waals surface area contributed by atoms with Crippen molar-refractivity contribution in [3.8, 4) is 0 Å². The maximum absolute atomic E-state index is 12.9. The third-order valence-electron chi connectivity index (χ3n) is 5.07. The molecule has 0 aliphatic carbocycles. The highest BCUT2D eigenvalue weighted by Crippen LogP contribution is 2.41. The maximum atomic E-state index is 12.9. The maximum Gasteiger partial charge on any atom is 0.305 e. The number of carbonyl (C=O) groups excluding carboxylic acids is 1. The molecule has 0 spiro atoms. The lowest BCUT2D eigenvalue weighted by Crippen LogP contribution is -2.44. The number of hydrogen-bond donors (Lipinski definition) is 1. The molecule has 136 valence electrons. The van der Waals surface area contributed by atoms with E-state index in [0.717, 1.165) is 16.1 Å². The van der Waals surface area contributed by atoms with E-state index < -0.39 is 16.0 Å². The molecule has 1 atom stereocenters. The number of carboxylic acids is 1. The Morgan fingerprint density at radius 1 is 1.15 bits per heavy atom. The van der Waals surface area contributed by atoms with Crippen LogP contribution in [0.2, 0.25) is 0 Å². The van der Waals surface area contributed by atoms with E-state index in [1.165, 1.54) is 4.90 Å². The third-order valence-corrected chi connectivity index (χ3v) is 6.87. The summed E-state index contributed by atoms with van der Waals surface area (Å²) in [5, 5.41) is 10.5. The second-order valence-corrected chi connectivity index (χ2v) is 8.45. The first-order valence-electron chi connectivity index (χ1n) is 8.45. The number of carboxylic acid groups (broad SMARTS) is 1. The molecule has 1 N–H and O–H groups in total. The SMILES string of the molecule is O=C(O)CC1CCCN1C(=O)CN1c2cccc3cccc(c23)S1(=O)=O. The molecule has 7 nitrogen and oxygen atoms in total. The van der Waals surface area contributed by atoms with Crippen LogP contribution in [-0.2, 0) is 19.6 Å². The lowest BCUT2D eigenvalue weighted by molar-refractivity contribution is -0.139. The molecule has 0 aromatic heterocycles. The highest BCUT2D eigenvalue weighted by Gasteiger charge is 2.39. The van der Waals surface area contributed by atoms with E-state index in [1.807, 2.05) is 12.1 Å². The Morgan fingerprint density at radius 2 is 1.88 bits per heavy atom. The minimum atomic E-state index is -3.79. The standard InChI is InChI=1S/C18H18N2O5S/c21-16(19-9-3-6-13(19)10-17(22)23)11-20-14-7-1-4-12-5-2-8-15(18(12)14)26(20,24)25/h1-2,4-5,7-8,13H,3,6,9-11H2,(H,22,23). The van der Waals surface area contributed by atoms with Crippen LogP contribution in [0, 0.1) is 0 Å². The topological polar surface area (TPSA) is 95.0 Å². The first-order valence-corrected chi connectivity index (χ1v) is 9.89. The Bertz CT molecular complexity index is 1010. The molecule has 8 heteroatoms. The number of carbonyl (C=O) groups is 2. The Hall–Kier alpha value is -2.61. The fourth-order valence-corrected chi connectivity index (χ4v) is 5.58. The summed E-state index contributed by atoms with van der Waals surface area (Å²) in [6, 6.07) is 10.0. The van der Waals surface area contributed by atoms with Gasteiger partial charge in [0.1, 0.15) is 6.54 Å². The molecule has 2 aromatic carbocycles. The molecule has 0 saturated carbocycles. The predicted octanol–water partition coefficient (Wildman–Crippen LogP) is 1.81. The number of sulfonamides is 1. The van der Waals surface area contributed by atoms with Gasteiger partial charge in [0.2, 0.25) is 5.91 Å². The summed E-state index contributed by atoms with van der Waals surface area (Å²) in [5.74, 6) is -1.32. The van der Waals surface area contributed by atoms with E-state index in [1.54, 1.807) is 24.3 Å². The quantitative estimate of drug-likeness (QED) is 0.881. The number of likely N-dealkylation sites (tertiary alicyclic amines) is 1. The molecule has 0 radical (unpaired) electrons. The van der Waals surface area contributed by atoms with Crippen LogP contribution in [0.4, 0.5) is 5.69 Å². The van der Waals surface area contributed by atoms with E-state index in [0.29, 0.717) is 24.0 Å². The van der Waals surface area contributed by atoms with Crippen molar-refractivity contribution in [1.82, 2.24) is 4.90 Å². The van der Waals surface area contributed by atoms with Gasteiger partial charge in [-0.3, -0.25) is 13.9 Å². The van der Waals surface area contributed by atoms with Crippen molar-refractivity contribution in [3.05, 3.63) is 36.4 Å². The summed E-state index contributed by atoms with van der Waals surface area (Å²) in [7, 11) is -3.79. The lowest BCUT2D eigenvalue weighted by Gasteiger charge is -2.26. The molecule has 0 bridgehead atoms. The van der Waals surface area contributed by atoms with Crippen LogP contribution < -0.4 is 4.31 Å². The van der Waals surface area contributed by atoms with E-state index in [2.05, 4.69) is 0 Å². The molecule has 26 heavy (non-hydrogen) atoms. The molecule has 2 aliphatic rings. The summed E-state index contributed by atoms with van der Waals surface area (Å²) in [6.07, 6.45) is 1.24. The number of nitrogens with zero attached hydrogens (tertiary/aromatic N) is 2. The average Bonchev–Trinajstić information content (AvgIpc) is 3.13. The van der Waals surface area contributed by atoms with Crippen LogP contribution >= 0.6 is 0 Å². The van der Waals surface area contributed by atoms with Crippen molar-refractivity contribution < 1.29 is 23.1 Å². The van der Waals surface area contributed by atoms with Gasteiger partial charge in [-0.15, -0.1) is 0 Å². The molecule has 4 rings (SSSR count). The molecular formula is C18H18N2O5S. The van der Waals surface area contributed by atoms with Gasteiger partial charge >= 0.3 is 5.97 Å². The van der Waals surface area contributed by atoms with Gasteiger partial charge in [0.15, 0.2) is 0 Å². The zero-order valence-corrected chi connectivity index (χ0v) is 14.8. The summed E-state index contributed by atoms with van der Waals surface area (Å²) in [4.78, 5) is 25.5. The third kappa shape index (κ3) is 2.52. The second kappa shape index (κ2) is 5.98. The number of amides is 1. The second-order valence-electron chi connectivity index (χ2n) is 6.62. The van der Waals surface area contributed by atoms with Gasteiger partial charge in [-0.1, -0.05) is 24.3 Å². The van der Waals surface area contributed by atoms with Crippen LogP contribution in [0.15, 0.2) is 41.3 Å². The van der Waals surface area contributed by atoms with Crippen LogP contribution in [-0.4, -0.2) is 49.4 Å². The molecule has 1 saturated heterocycles. The monoisotopic (exact) mass is 374 g/mol. The summed E-state index contributed by atoms with van der Waals surface area (Å²) < 4.78 is 27.0. The van der Waals surface area contributed by atoms with Crippen molar-refractivity contribution >= 4 is 38.4 Å². The molecule has 1 amide bonds. The number of benzene rings is 2. The number of aliphatic carboxylic acids is 1. The zero-order chi connectivity index (χ0) is 18.5. The Labute approximate surface area is 150 Å². The minimum absolute atomic E-state index is 0.117.